The highest BCUT2D eigenvalue weighted by molar-refractivity contribution is 6.05. The number of halogens is 1. The summed E-state index contributed by atoms with van der Waals surface area (Å²) in [5.41, 5.74) is 3.25. The lowest BCUT2D eigenvalue weighted by molar-refractivity contribution is -0.695. The van der Waals surface area contributed by atoms with Crippen molar-refractivity contribution in [3.05, 3.63) is 90.3 Å². The summed E-state index contributed by atoms with van der Waals surface area (Å²) in [4.78, 5) is 27.8. The van der Waals surface area contributed by atoms with Crippen molar-refractivity contribution in [3.8, 4) is 0 Å². The second kappa shape index (κ2) is 8.52. The Kier molecular flexibility index (Phi) is 6.08. The number of hydrogen-bond donors (Lipinski definition) is 1. The van der Waals surface area contributed by atoms with Crippen LogP contribution in [0.25, 0.3) is 0 Å². The molecule has 1 aliphatic rings. The number of anilines is 2. The van der Waals surface area contributed by atoms with E-state index in [-0.39, 0.29) is 42.3 Å². The zero-order valence-corrected chi connectivity index (χ0v) is 17.5. The van der Waals surface area contributed by atoms with Crippen molar-refractivity contribution >= 4 is 23.2 Å². The molecule has 1 unspecified atom stereocenters. The van der Waals surface area contributed by atoms with Crippen molar-refractivity contribution in [1.29, 1.82) is 0 Å². The summed E-state index contributed by atoms with van der Waals surface area (Å²) in [6, 6.07) is 21.9. The molecule has 5 nitrogen and oxygen atoms in total. The van der Waals surface area contributed by atoms with E-state index >= 15 is 0 Å². The summed E-state index contributed by atoms with van der Waals surface area (Å²) >= 11 is 0. The van der Waals surface area contributed by atoms with Crippen LogP contribution in [0.2, 0.25) is 0 Å². The Labute approximate surface area is 181 Å². The van der Waals surface area contributed by atoms with Gasteiger partial charge >= 0.3 is 0 Å². The van der Waals surface area contributed by atoms with E-state index in [4.69, 9.17) is 0 Å². The Hall–Kier alpha value is -2.74. The first-order chi connectivity index (χ1) is 13.1. The van der Waals surface area contributed by atoms with Gasteiger partial charge in [-0.05, 0) is 36.8 Å². The van der Waals surface area contributed by atoms with Gasteiger partial charge in [0.1, 0.15) is 0 Å². The summed E-state index contributed by atoms with van der Waals surface area (Å²) in [7, 11) is 0. The van der Waals surface area contributed by atoms with Gasteiger partial charge in [-0.2, -0.15) is 4.57 Å². The van der Waals surface area contributed by atoms with E-state index in [0.29, 0.717) is 5.69 Å². The van der Waals surface area contributed by atoms with Gasteiger partial charge in [-0.1, -0.05) is 36.4 Å². The summed E-state index contributed by atoms with van der Waals surface area (Å²) in [6.45, 7) is 2.18. The number of fused-ring (bicyclic) bond motifs is 1. The number of para-hydroxylation sites is 1. The molecule has 2 heterocycles. The van der Waals surface area contributed by atoms with Gasteiger partial charge < -0.3 is 29.3 Å². The molecule has 142 valence electrons. The molecule has 0 radical (unpaired) electrons. The molecule has 0 aliphatic carbocycles. The number of benzene rings is 2. The summed E-state index contributed by atoms with van der Waals surface area (Å²) < 4.78 is 1.84. The predicted molar refractivity (Wildman–Crippen MR) is 103 cm³/mol. The van der Waals surface area contributed by atoms with Crippen LogP contribution in [0.3, 0.4) is 0 Å². The predicted octanol–water partition coefficient (Wildman–Crippen LogP) is 0.0131. The molecular weight excluding hydrogens is 465 g/mol. The van der Waals surface area contributed by atoms with Crippen LogP contribution in [0.1, 0.15) is 17.3 Å². The maximum Gasteiger partial charge on any atom is 0.294 e. The van der Waals surface area contributed by atoms with Gasteiger partial charge in [-0.25, -0.2) is 0 Å². The lowest BCUT2D eigenvalue weighted by Crippen LogP contribution is -3.00. The highest BCUT2D eigenvalue weighted by atomic mass is 127. The molecule has 6 heteroatoms. The minimum atomic E-state index is -0.741. The Bertz CT molecular complexity index is 1010. The smallest absolute Gasteiger partial charge is 0.294 e. The maximum absolute atomic E-state index is 13.2. The van der Waals surface area contributed by atoms with Gasteiger partial charge in [-0.15, -0.1) is 0 Å². The average molecular weight is 485 g/mol. The van der Waals surface area contributed by atoms with Gasteiger partial charge in [0.25, 0.3) is 11.8 Å². The van der Waals surface area contributed by atoms with Crippen molar-refractivity contribution in [3.63, 3.8) is 0 Å². The van der Waals surface area contributed by atoms with E-state index in [1.807, 2.05) is 90.5 Å². The van der Waals surface area contributed by atoms with E-state index in [1.165, 1.54) is 0 Å². The van der Waals surface area contributed by atoms with Crippen LogP contribution in [-0.4, -0.2) is 11.8 Å². The molecule has 1 N–H and O–H groups in total. The van der Waals surface area contributed by atoms with Gasteiger partial charge in [0.15, 0.2) is 6.20 Å². The van der Waals surface area contributed by atoms with Gasteiger partial charge in [0.2, 0.25) is 18.3 Å². The monoisotopic (exact) mass is 485 g/mol. The van der Waals surface area contributed by atoms with Gasteiger partial charge in [0, 0.05) is 23.5 Å². The summed E-state index contributed by atoms with van der Waals surface area (Å²) in [6.07, 6.45) is 1.84. The molecule has 1 atom stereocenters. The van der Waals surface area contributed by atoms with Crippen molar-refractivity contribution in [1.82, 2.24) is 0 Å². The Morgan fingerprint density at radius 3 is 2.54 bits per heavy atom. The number of hydrogen-bond acceptors (Lipinski definition) is 2. The van der Waals surface area contributed by atoms with E-state index in [2.05, 4.69) is 5.32 Å². The first kappa shape index (κ1) is 20.0. The summed E-state index contributed by atoms with van der Waals surface area (Å²) in [5.74, 6) is -0.354. The number of carbonyl (C=O) groups is 2. The first-order valence-corrected chi connectivity index (χ1v) is 8.86. The van der Waals surface area contributed by atoms with Crippen LogP contribution in [0.4, 0.5) is 11.4 Å². The average Bonchev–Trinajstić information content (AvgIpc) is 2.67. The van der Waals surface area contributed by atoms with Crippen LogP contribution in [0.15, 0.2) is 79.0 Å². The van der Waals surface area contributed by atoms with Crippen molar-refractivity contribution in [2.75, 3.05) is 10.2 Å². The highest BCUT2D eigenvalue weighted by Gasteiger charge is 2.43. The molecule has 1 aliphatic heterocycles. The molecule has 4 rings (SSSR count). The topological polar surface area (TPSA) is 53.3 Å². The second-order valence-electron chi connectivity index (χ2n) is 6.61. The van der Waals surface area contributed by atoms with Crippen molar-refractivity contribution in [2.24, 2.45) is 0 Å². The number of pyridine rings is 1. The summed E-state index contributed by atoms with van der Waals surface area (Å²) in [5, 5.41) is 2.94. The number of rotatable bonds is 3. The van der Waals surface area contributed by atoms with E-state index in [9.17, 15) is 9.59 Å². The van der Waals surface area contributed by atoms with Crippen LogP contribution >= 0.6 is 0 Å². The molecule has 0 fully saturated rings. The molecule has 1 aromatic heterocycles. The number of amides is 2. The van der Waals surface area contributed by atoms with Gasteiger partial charge in [0.05, 0.1) is 0 Å². The molecule has 0 saturated carbocycles. The van der Waals surface area contributed by atoms with Crippen molar-refractivity contribution < 1.29 is 38.1 Å². The van der Waals surface area contributed by atoms with Crippen molar-refractivity contribution in [2.45, 2.75) is 19.5 Å². The molecular formula is C22H20IN3O2. The number of aryl methyl sites for hydroxylation is 1. The van der Waals surface area contributed by atoms with Crippen LogP contribution < -0.4 is 38.8 Å². The van der Waals surface area contributed by atoms with E-state index < -0.39 is 6.04 Å². The third kappa shape index (κ3) is 3.91. The Morgan fingerprint density at radius 1 is 1.04 bits per heavy atom. The Morgan fingerprint density at radius 2 is 1.79 bits per heavy atom. The normalized spacial score (nSPS) is 15.4. The molecule has 2 aromatic carbocycles. The zero-order valence-electron chi connectivity index (χ0n) is 15.4. The molecule has 28 heavy (non-hydrogen) atoms. The fourth-order valence-corrected chi connectivity index (χ4v) is 3.43. The minimum absolute atomic E-state index is 0. The zero-order chi connectivity index (χ0) is 18.8. The third-order valence-corrected chi connectivity index (χ3v) is 4.66. The van der Waals surface area contributed by atoms with Gasteiger partial charge in [-0.3, -0.25) is 14.5 Å². The molecule has 2 amide bonds. The fourth-order valence-electron chi connectivity index (χ4n) is 3.43. The molecule has 3 aromatic rings. The highest BCUT2D eigenvalue weighted by Crippen LogP contribution is 2.30. The van der Waals surface area contributed by atoms with Crippen LogP contribution in [-0.2, 0) is 16.1 Å². The lowest BCUT2D eigenvalue weighted by atomic mass is 10.0. The third-order valence-electron chi connectivity index (χ3n) is 4.66. The lowest BCUT2D eigenvalue weighted by Gasteiger charge is -2.32. The largest absolute Gasteiger partial charge is 1.00 e. The number of aromatic nitrogens is 1. The second-order valence-corrected chi connectivity index (χ2v) is 6.61. The fraction of sp³-hybridized carbons (Fsp3) is 0.136. The number of nitrogens with zero attached hydrogens (tertiary/aromatic N) is 2. The van der Waals surface area contributed by atoms with E-state index in [1.54, 1.807) is 4.90 Å². The first-order valence-electron chi connectivity index (χ1n) is 8.86. The molecule has 0 saturated heterocycles. The SMILES string of the molecule is Cc1cccc(N2C(=O)C[n+]3ccccc3C2C(=O)Nc2ccccc2)c1.[I-]. The quantitative estimate of drug-likeness (QED) is 0.420. The van der Waals surface area contributed by atoms with Crippen LogP contribution in [0.5, 0.6) is 0 Å². The number of nitrogens with one attached hydrogen (secondary N) is 1. The standard InChI is InChI=1S/C22H19N3O2.HI/c1-16-8-7-11-18(14-16)25-20(26)15-24-13-6-5-12-19(24)21(25)22(27)23-17-9-3-2-4-10-17;/h2-14,21H,15H2,1H3;1H. The Balaban J connectivity index is 0.00000225. The molecule has 0 spiro atoms. The van der Waals surface area contributed by atoms with E-state index in [0.717, 1.165) is 16.9 Å². The maximum atomic E-state index is 13.2. The molecule has 0 bridgehead atoms. The van der Waals surface area contributed by atoms with Crippen LogP contribution in [0, 0.1) is 6.92 Å². The number of carbonyl (C=O) groups excluding carboxylic acids is 2. The minimum Gasteiger partial charge on any atom is -1.00 e.